The van der Waals surface area contributed by atoms with E-state index in [2.05, 4.69) is 0 Å². The van der Waals surface area contributed by atoms with E-state index in [0.717, 1.165) is 31.0 Å². The first-order valence-electron chi connectivity index (χ1n) is 10.9. The highest BCUT2D eigenvalue weighted by Crippen LogP contribution is 2.32. The maximum absolute atomic E-state index is 14.7. The van der Waals surface area contributed by atoms with E-state index < -0.39 is 40.6 Å². The van der Waals surface area contributed by atoms with Crippen molar-refractivity contribution in [1.29, 1.82) is 0 Å². The van der Waals surface area contributed by atoms with Crippen molar-refractivity contribution in [2.75, 3.05) is 13.2 Å². The monoisotopic (exact) mass is 476 g/mol. The van der Waals surface area contributed by atoms with E-state index in [-0.39, 0.29) is 17.9 Å². The molecule has 0 fully saturated rings. The molecule has 3 rings (SSSR count). The molecule has 0 saturated carbocycles. The Bertz CT molecular complexity index is 1150. The zero-order valence-electron chi connectivity index (χ0n) is 18.8. The number of hydrogen-bond acceptors (Lipinski definition) is 4. The van der Waals surface area contributed by atoms with Crippen molar-refractivity contribution in [3.63, 3.8) is 0 Å². The first kappa shape index (κ1) is 25.1. The van der Waals surface area contributed by atoms with Gasteiger partial charge in [-0.1, -0.05) is 31.9 Å². The molecule has 180 valence electrons. The number of carbonyl (C=O) groups excluding carboxylic acids is 1. The fourth-order valence-corrected chi connectivity index (χ4v) is 3.22. The first-order valence-corrected chi connectivity index (χ1v) is 10.9. The fourth-order valence-electron chi connectivity index (χ4n) is 3.22. The third kappa shape index (κ3) is 5.68. The molecule has 0 heterocycles. The lowest BCUT2D eigenvalue weighted by molar-refractivity contribution is 0.0720. The zero-order valence-corrected chi connectivity index (χ0v) is 18.8. The average Bonchev–Trinajstić information content (AvgIpc) is 2.83. The van der Waals surface area contributed by atoms with Gasteiger partial charge in [-0.15, -0.1) is 0 Å². The Labute approximate surface area is 195 Å². The molecule has 0 aromatic heterocycles. The van der Waals surface area contributed by atoms with Gasteiger partial charge in [0.05, 0.1) is 18.8 Å². The number of ether oxygens (including phenoxy) is 3. The number of esters is 1. The standard InChI is InChI=1S/C26H24F4O4/c1-3-5-6-15-33-20-13-12-19(23(28)24(20)29)26(31)34-21-14-11-18(22(27)25(21)30)16-7-9-17(10-8-16)32-4-2/h7-14H,3-6,15H2,1-2H3. The maximum Gasteiger partial charge on any atom is 0.346 e. The molecular formula is C26H24F4O4. The summed E-state index contributed by atoms with van der Waals surface area (Å²) in [6, 6.07) is 10.7. The van der Waals surface area contributed by atoms with Gasteiger partial charge in [-0.3, -0.25) is 0 Å². The number of rotatable bonds is 10. The topological polar surface area (TPSA) is 44.8 Å². The molecule has 0 saturated heterocycles. The van der Waals surface area contributed by atoms with Gasteiger partial charge in [0.1, 0.15) is 5.75 Å². The summed E-state index contributed by atoms with van der Waals surface area (Å²) in [6.45, 7) is 4.46. The SMILES string of the molecule is CCCCCOc1ccc(C(=O)Oc2ccc(-c3ccc(OCC)cc3)c(F)c2F)c(F)c1F. The van der Waals surface area contributed by atoms with Crippen LogP contribution in [0.2, 0.25) is 0 Å². The predicted molar refractivity (Wildman–Crippen MR) is 119 cm³/mol. The van der Waals surface area contributed by atoms with E-state index in [9.17, 15) is 22.4 Å². The summed E-state index contributed by atoms with van der Waals surface area (Å²) in [5.41, 5.74) is -0.462. The van der Waals surface area contributed by atoms with Crippen LogP contribution >= 0.6 is 0 Å². The minimum Gasteiger partial charge on any atom is -0.494 e. The Kier molecular flexibility index (Phi) is 8.51. The second kappa shape index (κ2) is 11.5. The van der Waals surface area contributed by atoms with Crippen molar-refractivity contribution < 1.29 is 36.6 Å². The highest BCUT2D eigenvalue weighted by molar-refractivity contribution is 5.91. The number of hydrogen-bond donors (Lipinski definition) is 0. The van der Waals surface area contributed by atoms with Crippen LogP contribution in [0, 0.1) is 23.3 Å². The van der Waals surface area contributed by atoms with Gasteiger partial charge in [-0.25, -0.2) is 13.6 Å². The van der Waals surface area contributed by atoms with E-state index in [0.29, 0.717) is 24.3 Å². The summed E-state index contributed by atoms with van der Waals surface area (Å²) in [5, 5.41) is 0. The molecule has 0 aliphatic heterocycles. The van der Waals surface area contributed by atoms with Crippen molar-refractivity contribution in [2.45, 2.75) is 33.1 Å². The van der Waals surface area contributed by atoms with Crippen LogP contribution in [-0.2, 0) is 0 Å². The molecule has 0 unspecified atom stereocenters. The van der Waals surface area contributed by atoms with Gasteiger partial charge >= 0.3 is 5.97 Å². The average molecular weight is 476 g/mol. The van der Waals surface area contributed by atoms with Crippen LogP contribution in [0.3, 0.4) is 0 Å². The second-order valence-electron chi connectivity index (χ2n) is 7.38. The molecule has 3 aromatic rings. The van der Waals surface area contributed by atoms with Crippen molar-refractivity contribution in [3.05, 3.63) is 77.4 Å². The Hall–Kier alpha value is -3.55. The Morgan fingerprint density at radius 3 is 2.09 bits per heavy atom. The van der Waals surface area contributed by atoms with Crippen LogP contribution in [0.15, 0.2) is 48.5 Å². The number of carbonyl (C=O) groups is 1. The maximum atomic E-state index is 14.7. The molecule has 3 aromatic carbocycles. The second-order valence-corrected chi connectivity index (χ2v) is 7.38. The van der Waals surface area contributed by atoms with Crippen LogP contribution in [-0.4, -0.2) is 19.2 Å². The third-order valence-electron chi connectivity index (χ3n) is 5.00. The van der Waals surface area contributed by atoms with Crippen LogP contribution in [0.25, 0.3) is 11.1 Å². The smallest absolute Gasteiger partial charge is 0.346 e. The quantitative estimate of drug-likeness (QED) is 0.136. The third-order valence-corrected chi connectivity index (χ3v) is 5.00. The highest BCUT2D eigenvalue weighted by atomic mass is 19.2. The van der Waals surface area contributed by atoms with Gasteiger partial charge in [0, 0.05) is 5.56 Å². The van der Waals surface area contributed by atoms with E-state index >= 15 is 0 Å². The van der Waals surface area contributed by atoms with Gasteiger partial charge in [0.2, 0.25) is 11.6 Å². The van der Waals surface area contributed by atoms with Crippen molar-refractivity contribution in [3.8, 4) is 28.4 Å². The van der Waals surface area contributed by atoms with Crippen LogP contribution < -0.4 is 14.2 Å². The summed E-state index contributed by atoms with van der Waals surface area (Å²) in [7, 11) is 0. The Balaban J connectivity index is 1.77. The van der Waals surface area contributed by atoms with Crippen molar-refractivity contribution in [2.24, 2.45) is 0 Å². The fraction of sp³-hybridized carbons (Fsp3) is 0.269. The first-order chi connectivity index (χ1) is 16.4. The number of benzene rings is 3. The minimum absolute atomic E-state index is 0.0675. The molecule has 0 N–H and O–H groups in total. The molecule has 4 nitrogen and oxygen atoms in total. The van der Waals surface area contributed by atoms with E-state index in [1.54, 1.807) is 24.3 Å². The molecule has 0 atom stereocenters. The van der Waals surface area contributed by atoms with Gasteiger partial charge in [-0.05, 0) is 55.3 Å². The highest BCUT2D eigenvalue weighted by Gasteiger charge is 2.24. The molecular weight excluding hydrogens is 452 g/mol. The Morgan fingerprint density at radius 1 is 0.735 bits per heavy atom. The van der Waals surface area contributed by atoms with Gasteiger partial charge < -0.3 is 14.2 Å². The molecule has 0 aliphatic carbocycles. The largest absolute Gasteiger partial charge is 0.494 e. The van der Waals surface area contributed by atoms with Crippen LogP contribution in [0.1, 0.15) is 43.5 Å². The van der Waals surface area contributed by atoms with Gasteiger partial charge in [-0.2, -0.15) is 8.78 Å². The summed E-state index contributed by atoms with van der Waals surface area (Å²) < 4.78 is 73.3. The normalized spacial score (nSPS) is 10.8. The van der Waals surface area contributed by atoms with Crippen LogP contribution in [0.5, 0.6) is 17.2 Å². The van der Waals surface area contributed by atoms with E-state index in [1.165, 1.54) is 6.07 Å². The molecule has 0 amide bonds. The summed E-state index contributed by atoms with van der Waals surface area (Å²) in [5.74, 6) is -7.44. The van der Waals surface area contributed by atoms with Crippen LogP contribution in [0.4, 0.5) is 17.6 Å². The molecule has 0 spiro atoms. The number of unbranched alkanes of at least 4 members (excludes halogenated alkanes) is 2. The van der Waals surface area contributed by atoms with E-state index in [4.69, 9.17) is 14.2 Å². The van der Waals surface area contributed by atoms with Crippen molar-refractivity contribution >= 4 is 5.97 Å². The summed E-state index contributed by atoms with van der Waals surface area (Å²) in [6.07, 6.45) is 2.47. The molecule has 0 radical (unpaired) electrons. The Morgan fingerprint density at radius 2 is 1.41 bits per heavy atom. The lowest BCUT2D eigenvalue weighted by atomic mass is 10.0. The molecule has 8 heteroatoms. The zero-order chi connectivity index (χ0) is 24.7. The molecule has 34 heavy (non-hydrogen) atoms. The van der Waals surface area contributed by atoms with Gasteiger partial charge in [0.25, 0.3) is 0 Å². The lowest BCUT2D eigenvalue weighted by Gasteiger charge is -2.12. The summed E-state index contributed by atoms with van der Waals surface area (Å²) >= 11 is 0. The predicted octanol–water partition coefficient (Wildman–Crippen LogP) is 7.10. The minimum atomic E-state index is -1.50. The molecule has 0 bridgehead atoms. The lowest BCUT2D eigenvalue weighted by Crippen LogP contribution is -2.14. The van der Waals surface area contributed by atoms with Crippen molar-refractivity contribution in [1.82, 2.24) is 0 Å². The number of halogens is 4. The van der Waals surface area contributed by atoms with E-state index in [1.807, 2.05) is 13.8 Å². The summed E-state index contributed by atoms with van der Waals surface area (Å²) in [4.78, 5) is 12.3. The molecule has 0 aliphatic rings. The van der Waals surface area contributed by atoms with Gasteiger partial charge in [0.15, 0.2) is 23.1 Å².